The molecule has 3 rings (SSSR count). The molecule has 0 aliphatic carbocycles. The number of nitrogens with zero attached hydrogens (tertiary/aromatic N) is 1. The van der Waals surface area contributed by atoms with Gasteiger partial charge in [-0.15, -0.1) is 0 Å². The van der Waals surface area contributed by atoms with Crippen molar-refractivity contribution in [2.24, 2.45) is 0 Å². The third kappa shape index (κ3) is 3.92. The van der Waals surface area contributed by atoms with E-state index in [1.807, 2.05) is 30.3 Å². The van der Waals surface area contributed by atoms with Crippen LogP contribution in [0.3, 0.4) is 0 Å². The largest absolute Gasteiger partial charge is 0.495 e. The smallest absolute Gasteiger partial charge is 0.326 e. The van der Waals surface area contributed by atoms with Crippen molar-refractivity contribution in [1.82, 2.24) is 4.90 Å². The van der Waals surface area contributed by atoms with E-state index in [9.17, 15) is 9.59 Å². The zero-order valence-corrected chi connectivity index (χ0v) is 16.3. The van der Waals surface area contributed by atoms with Crippen LogP contribution in [0.15, 0.2) is 59.2 Å². The molecule has 1 atom stereocenters. The topological polar surface area (TPSA) is 58.6 Å². The van der Waals surface area contributed by atoms with Gasteiger partial charge in [0.2, 0.25) is 0 Å². The number of carbonyl (C=O) groups excluding carboxylic acids is 2. The highest BCUT2D eigenvalue weighted by molar-refractivity contribution is 9.10. The highest BCUT2D eigenvalue weighted by Gasteiger charge is 2.29. The lowest BCUT2D eigenvalue weighted by molar-refractivity contribution is -0.116. The predicted octanol–water partition coefficient (Wildman–Crippen LogP) is 5.17. The molecule has 1 aliphatic heterocycles. The second-order valence-corrected chi connectivity index (χ2v) is 6.98. The van der Waals surface area contributed by atoms with Gasteiger partial charge in [0.25, 0.3) is 0 Å². The van der Waals surface area contributed by atoms with E-state index in [1.54, 1.807) is 12.1 Å². The molecule has 2 aromatic rings. The van der Waals surface area contributed by atoms with Crippen molar-refractivity contribution in [2.75, 3.05) is 12.4 Å². The summed E-state index contributed by atoms with van der Waals surface area (Å²) >= 11 is 9.47. The Morgan fingerprint density at radius 1 is 1.31 bits per heavy atom. The molecule has 7 heteroatoms. The van der Waals surface area contributed by atoms with E-state index in [1.165, 1.54) is 24.3 Å². The predicted molar refractivity (Wildman–Crippen MR) is 105 cm³/mol. The molecule has 0 saturated heterocycles. The van der Waals surface area contributed by atoms with Crippen molar-refractivity contribution >= 4 is 45.0 Å². The number of ketones is 1. The minimum absolute atomic E-state index is 0.0164. The van der Waals surface area contributed by atoms with Gasteiger partial charge in [-0.2, -0.15) is 0 Å². The number of hydrogen-bond acceptors (Lipinski definition) is 3. The van der Waals surface area contributed by atoms with E-state index < -0.39 is 0 Å². The van der Waals surface area contributed by atoms with Gasteiger partial charge < -0.3 is 10.1 Å². The molecule has 0 unspecified atom stereocenters. The molecule has 1 aliphatic rings. The molecule has 0 aromatic heterocycles. The van der Waals surface area contributed by atoms with Crippen molar-refractivity contribution in [3.05, 3.63) is 69.8 Å². The van der Waals surface area contributed by atoms with Crippen LogP contribution >= 0.6 is 27.5 Å². The summed E-state index contributed by atoms with van der Waals surface area (Å²) < 4.78 is 5.83. The van der Waals surface area contributed by atoms with E-state index >= 15 is 0 Å². The van der Waals surface area contributed by atoms with Crippen LogP contribution in [0.5, 0.6) is 5.75 Å². The van der Waals surface area contributed by atoms with Crippen LogP contribution in [0.1, 0.15) is 18.0 Å². The minimum Gasteiger partial charge on any atom is -0.495 e. The average molecular weight is 436 g/mol. The monoisotopic (exact) mass is 434 g/mol. The fourth-order valence-corrected chi connectivity index (χ4v) is 3.56. The number of nitrogens with one attached hydrogen (secondary N) is 1. The van der Waals surface area contributed by atoms with Crippen molar-refractivity contribution in [2.45, 2.75) is 12.5 Å². The Kier molecular flexibility index (Phi) is 5.64. The highest BCUT2D eigenvalue weighted by atomic mass is 79.9. The second kappa shape index (κ2) is 7.93. The van der Waals surface area contributed by atoms with Gasteiger partial charge >= 0.3 is 6.03 Å². The van der Waals surface area contributed by atoms with E-state index in [0.717, 1.165) is 5.56 Å². The second-order valence-electron chi connectivity index (χ2n) is 5.72. The SMILES string of the molecule is COc1cc(NC(=O)N2C=CC(=O)C[C@@H]2c2ccccc2)c(Br)cc1Cl. The number of ether oxygens (including phenoxy) is 1. The van der Waals surface area contributed by atoms with Gasteiger partial charge in [0, 0.05) is 23.2 Å². The molecule has 0 fully saturated rings. The maximum atomic E-state index is 12.9. The number of benzene rings is 2. The molecule has 2 amide bonds. The third-order valence-electron chi connectivity index (χ3n) is 4.05. The van der Waals surface area contributed by atoms with Crippen LogP contribution in [-0.2, 0) is 4.79 Å². The van der Waals surface area contributed by atoms with Crippen molar-refractivity contribution < 1.29 is 14.3 Å². The molecular formula is C19H16BrClN2O3. The maximum absolute atomic E-state index is 12.9. The molecule has 1 N–H and O–H groups in total. The number of allylic oxidation sites excluding steroid dienone is 1. The zero-order valence-electron chi connectivity index (χ0n) is 13.9. The molecule has 1 heterocycles. The zero-order chi connectivity index (χ0) is 18.7. The Morgan fingerprint density at radius 2 is 2.04 bits per heavy atom. The van der Waals surface area contributed by atoms with E-state index in [2.05, 4.69) is 21.2 Å². The summed E-state index contributed by atoms with van der Waals surface area (Å²) in [6.45, 7) is 0. The lowest BCUT2D eigenvalue weighted by atomic mass is 9.98. The number of hydrogen-bond donors (Lipinski definition) is 1. The Bertz CT molecular complexity index is 871. The van der Waals surface area contributed by atoms with Crippen LogP contribution in [0.2, 0.25) is 5.02 Å². The first kappa shape index (κ1) is 18.5. The van der Waals surface area contributed by atoms with Crippen LogP contribution in [0, 0.1) is 0 Å². The highest BCUT2D eigenvalue weighted by Crippen LogP contribution is 2.35. The van der Waals surface area contributed by atoms with Gasteiger partial charge in [-0.05, 0) is 33.6 Å². The number of anilines is 1. The van der Waals surface area contributed by atoms with Crippen molar-refractivity contribution in [3.63, 3.8) is 0 Å². The average Bonchev–Trinajstić information content (AvgIpc) is 2.64. The van der Waals surface area contributed by atoms with Gasteiger partial charge in [-0.1, -0.05) is 41.9 Å². The van der Waals surface area contributed by atoms with E-state index in [0.29, 0.717) is 20.9 Å². The molecule has 2 aromatic carbocycles. The molecule has 0 saturated carbocycles. The molecule has 26 heavy (non-hydrogen) atoms. The standard InChI is InChI=1S/C19H16BrClN2O3/c1-26-18-11-16(14(20)10-15(18)21)22-19(25)23-8-7-13(24)9-17(23)12-5-3-2-4-6-12/h2-8,10-11,17H,9H2,1H3,(H,22,25)/t17-/m1/s1. The lowest BCUT2D eigenvalue weighted by Gasteiger charge is -2.31. The van der Waals surface area contributed by atoms with Gasteiger partial charge in [-0.3, -0.25) is 9.69 Å². The molecule has 5 nitrogen and oxygen atoms in total. The van der Waals surface area contributed by atoms with Crippen LogP contribution in [-0.4, -0.2) is 23.8 Å². The summed E-state index contributed by atoms with van der Waals surface area (Å²) in [6, 6.07) is 12.0. The van der Waals surface area contributed by atoms with Crippen LogP contribution < -0.4 is 10.1 Å². The van der Waals surface area contributed by atoms with Gasteiger partial charge in [0.15, 0.2) is 5.78 Å². The first-order chi connectivity index (χ1) is 12.5. The third-order valence-corrected chi connectivity index (χ3v) is 5.00. The van der Waals surface area contributed by atoms with Crippen molar-refractivity contribution in [1.29, 1.82) is 0 Å². The molecule has 0 bridgehead atoms. The quantitative estimate of drug-likeness (QED) is 0.723. The normalized spacial score (nSPS) is 16.5. The van der Waals surface area contributed by atoms with Gasteiger partial charge in [0.1, 0.15) is 5.75 Å². The van der Waals surface area contributed by atoms with Gasteiger partial charge in [0.05, 0.1) is 23.9 Å². The first-order valence-corrected chi connectivity index (χ1v) is 9.05. The Balaban J connectivity index is 1.88. The molecule has 0 spiro atoms. The number of urea groups is 1. The number of rotatable bonds is 3. The summed E-state index contributed by atoms with van der Waals surface area (Å²) in [6.07, 6.45) is 3.16. The molecule has 134 valence electrons. The maximum Gasteiger partial charge on any atom is 0.326 e. The fourth-order valence-electron chi connectivity index (χ4n) is 2.75. The van der Waals surface area contributed by atoms with Crippen molar-refractivity contribution in [3.8, 4) is 5.75 Å². The van der Waals surface area contributed by atoms with Crippen LogP contribution in [0.25, 0.3) is 0 Å². The Morgan fingerprint density at radius 3 is 2.73 bits per heavy atom. The van der Waals surface area contributed by atoms with E-state index in [4.69, 9.17) is 16.3 Å². The summed E-state index contributed by atoms with van der Waals surface area (Å²) in [5.74, 6) is 0.436. The molecule has 0 radical (unpaired) electrons. The lowest BCUT2D eigenvalue weighted by Crippen LogP contribution is -2.37. The Hall–Kier alpha value is -2.31. The summed E-state index contributed by atoms with van der Waals surface area (Å²) in [7, 11) is 1.51. The first-order valence-electron chi connectivity index (χ1n) is 7.88. The number of amides is 2. The summed E-state index contributed by atoms with van der Waals surface area (Å²) in [5.41, 5.74) is 1.42. The Labute approximate surface area is 164 Å². The van der Waals surface area contributed by atoms with Gasteiger partial charge in [-0.25, -0.2) is 4.79 Å². The number of halogens is 2. The summed E-state index contributed by atoms with van der Waals surface area (Å²) in [4.78, 5) is 26.2. The van der Waals surface area contributed by atoms with E-state index in [-0.39, 0.29) is 24.3 Å². The minimum atomic E-state index is -0.360. The summed E-state index contributed by atoms with van der Waals surface area (Å²) in [5, 5.41) is 3.27. The molecular weight excluding hydrogens is 420 g/mol. The number of carbonyl (C=O) groups is 2. The van der Waals surface area contributed by atoms with Crippen LogP contribution in [0.4, 0.5) is 10.5 Å². The number of methoxy groups -OCH3 is 1. The fraction of sp³-hybridized carbons (Fsp3) is 0.158.